The van der Waals surface area contributed by atoms with Gasteiger partial charge in [-0.2, -0.15) is 0 Å². The maximum Gasteiger partial charge on any atom is 0.335 e. The van der Waals surface area contributed by atoms with Crippen molar-refractivity contribution >= 4 is 11.8 Å². The van der Waals surface area contributed by atoms with E-state index in [2.05, 4.69) is 22.2 Å². The first-order valence-corrected chi connectivity index (χ1v) is 6.99. The molecule has 0 atom stereocenters. The summed E-state index contributed by atoms with van der Waals surface area (Å²) in [6.45, 7) is 4.63. The third-order valence-corrected chi connectivity index (χ3v) is 3.15. The fraction of sp³-hybridized carbons (Fsp3) is 0.312. The molecule has 0 saturated carbocycles. The fourth-order valence-corrected chi connectivity index (χ4v) is 2.10. The number of hydrogen-bond acceptors (Lipinski definition) is 4. The van der Waals surface area contributed by atoms with Crippen molar-refractivity contribution in [3.63, 3.8) is 0 Å². The monoisotopic (exact) mass is 285 g/mol. The van der Waals surface area contributed by atoms with Crippen LogP contribution in [0.25, 0.3) is 0 Å². The zero-order valence-electron chi connectivity index (χ0n) is 12.3. The Bertz CT molecular complexity index is 641. The zero-order chi connectivity index (χ0) is 15.2. The number of carboxylic acid groups (broad SMARTS) is 1. The Morgan fingerprint density at radius 2 is 2.10 bits per heavy atom. The summed E-state index contributed by atoms with van der Waals surface area (Å²) in [5.74, 6) is 0.669. The van der Waals surface area contributed by atoms with Crippen LogP contribution >= 0.6 is 0 Å². The molecule has 2 aromatic rings. The maximum absolute atomic E-state index is 10.9. The molecule has 0 amide bonds. The summed E-state index contributed by atoms with van der Waals surface area (Å²) < 4.78 is 0. The number of rotatable bonds is 6. The van der Waals surface area contributed by atoms with Crippen molar-refractivity contribution in [2.24, 2.45) is 0 Å². The molecule has 21 heavy (non-hydrogen) atoms. The maximum atomic E-state index is 10.9. The van der Waals surface area contributed by atoms with E-state index in [0.29, 0.717) is 12.1 Å². The second-order valence-electron chi connectivity index (χ2n) is 4.83. The molecule has 0 aliphatic heterocycles. The van der Waals surface area contributed by atoms with Crippen LogP contribution in [0.4, 0.5) is 5.82 Å². The molecule has 2 rings (SSSR count). The van der Waals surface area contributed by atoms with Gasteiger partial charge >= 0.3 is 5.97 Å². The molecule has 1 aromatic heterocycles. The molecule has 0 aliphatic rings. The first-order chi connectivity index (χ1) is 10.1. The minimum absolute atomic E-state index is 0.318. The largest absolute Gasteiger partial charge is 0.478 e. The van der Waals surface area contributed by atoms with Gasteiger partial charge in [-0.3, -0.25) is 0 Å². The van der Waals surface area contributed by atoms with Crippen LogP contribution in [0, 0.1) is 6.92 Å². The second-order valence-corrected chi connectivity index (χ2v) is 4.83. The molecule has 1 heterocycles. The Labute approximate surface area is 124 Å². The first kappa shape index (κ1) is 15.0. The Balaban J connectivity index is 1.96. The standard InChI is InChI=1S/C16H19N3O2/c1-3-14-10-15(19-11(2)18-14)17-8-7-12-5-4-6-13(9-12)16(20)21/h4-6,9-10H,3,7-8H2,1-2H3,(H,20,21)(H,17,18,19). The zero-order valence-corrected chi connectivity index (χ0v) is 12.3. The smallest absolute Gasteiger partial charge is 0.335 e. The molecule has 0 aliphatic carbocycles. The lowest BCUT2D eigenvalue weighted by Gasteiger charge is -2.08. The molecule has 0 spiro atoms. The van der Waals surface area contributed by atoms with Crippen molar-refractivity contribution in [3.8, 4) is 0 Å². The molecular formula is C16H19N3O2. The van der Waals surface area contributed by atoms with Crippen molar-refractivity contribution in [1.29, 1.82) is 0 Å². The van der Waals surface area contributed by atoms with E-state index in [9.17, 15) is 4.79 Å². The number of aryl methyl sites for hydroxylation is 2. The fourth-order valence-electron chi connectivity index (χ4n) is 2.10. The van der Waals surface area contributed by atoms with Crippen molar-refractivity contribution in [2.75, 3.05) is 11.9 Å². The van der Waals surface area contributed by atoms with Crippen LogP contribution in [-0.4, -0.2) is 27.6 Å². The van der Waals surface area contributed by atoms with E-state index < -0.39 is 5.97 Å². The van der Waals surface area contributed by atoms with Gasteiger partial charge in [0.2, 0.25) is 0 Å². The molecule has 2 N–H and O–H groups in total. The van der Waals surface area contributed by atoms with E-state index in [1.165, 1.54) is 0 Å². The number of anilines is 1. The van der Waals surface area contributed by atoms with Gasteiger partial charge < -0.3 is 10.4 Å². The lowest BCUT2D eigenvalue weighted by Crippen LogP contribution is -2.09. The molecule has 0 bridgehead atoms. The van der Waals surface area contributed by atoms with E-state index in [1.807, 2.05) is 19.1 Å². The highest BCUT2D eigenvalue weighted by molar-refractivity contribution is 5.87. The minimum atomic E-state index is -0.899. The van der Waals surface area contributed by atoms with E-state index >= 15 is 0 Å². The lowest BCUT2D eigenvalue weighted by atomic mass is 10.1. The quantitative estimate of drug-likeness (QED) is 0.853. The number of carboxylic acids is 1. The van der Waals surface area contributed by atoms with Gasteiger partial charge in [-0.25, -0.2) is 14.8 Å². The highest BCUT2D eigenvalue weighted by Gasteiger charge is 2.04. The molecule has 5 heteroatoms. The summed E-state index contributed by atoms with van der Waals surface area (Å²) in [5.41, 5.74) is 2.32. The van der Waals surface area contributed by atoms with Crippen LogP contribution in [0.3, 0.4) is 0 Å². The Hall–Kier alpha value is -2.43. The summed E-state index contributed by atoms with van der Waals surface area (Å²) in [6, 6.07) is 8.94. The van der Waals surface area contributed by atoms with Crippen molar-refractivity contribution < 1.29 is 9.90 Å². The normalized spacial score (nSPS) is 10.4. The molecule has 0 radical (unpaired) electrons. The predicted octanol–water partition coefficient (Wildman–Crippen LogP) is 2.70. The predicted molar refractivity (Wildman–Crippen MR) is 81.7 cm³/mol. The number of aromatic nitrogens is 2. The summed E-state index contributed by atoms with van der Waals surface area (Å²) in [4.78, 5) is 19.6. The van der Waals surface area contributed by atoms with Gasteiger partial charge in [0.1, 0.15) is 11.6 Å². The molecule has 5 nitrogen and oxygen atoms in total. The number of nitrogens with zero attached hydrogens (tertiary/aromatic N) is 2. The number of carbonyl (C=O) groups is 1. The van der Waals surface area contributed by atoms with Crippen molar-refractivity contribution in [3.05, 3.63) is 53.0 Å². The molecule has 0 unspecified atom stereocenters. The Morgan fingerprint density at radius 3 is 2.81 bits per heavy atom. The van der Waals surface area contributed by atoms with Crippen LogP contribution in [0.1, 0.15) is 34.4 Å². The average molecular weight is 285 g/mol. The first-order valence-electron chi connectivity index (χ1n) is 6.99. The summed E-state index contributed by atoms with van der Waals surface area (Å²) >= 11 is 0. The second kappa shape index (κ2) is 6.83. The Morgan fingerprint density at radius 1 is 1.29 bits per heavy atom. The van der Waals surface area contributed by atoms with E-state index in [4.69, 9.17) is 5.11 Å². The number of benzene rings is 1. The highest BCUT2D eigenvalue weighted by atomic mass is 16.4. The van der Waals surface area contributed by atoms with Crippen molar-refractivity contribution in [1.82, 2.24) is 9.97 Å². The van der Waals surface area contributed by atoms with Gasteiger partial charge in [0.15, 0.2) is 0 Å². The topological polar surface area (TPSA) is 75.1 Å². The van der Waals surface area contributed by atoms with Crippen molar-refractivity contribution in [2.45, 2.75) is 26.7 Å². The molecule has 1 aromatic carbocycles. The van der Waals surface area contributed by atoms with Crippen LogP contribution in [-0.2, 0) is 12.8 Å². The van der Waals surface area contributed by atoms with Crippen LogP contribution < -0.4 is 5.32 Å². The molecule has 0 saturated heterocycles. The van der Waals surface area contributed by atoms with E-state index in [-0.39, 0.29) is 0 Å². The van der Waals surface area contributed by atoms with E-state index in [1.54, 1.807) is 18.2 Å². The SMILES string of the molecule is CCc1cc(NCCc2cccc(C(=O)O)c2)nc(C)n1. The van der Waals surface area contributed by atoms with E-state index in [0.717, 1.165) is 35.7 Å². The average Bonchev–Trinajstić information content (AvgIpc) is 2.47. The Kier molecular flexibility index (Phi) is 4.87. The van der Waals surface area contributed by atoms with Gasteiger partial charge in [0.05, 0.1) is 5.56 Å². The summed E-state index contributed by atoms with van der Waals surface area (Å²) in [6.07, 6.45) is 1.62. The number of aromatic carboxylic acids is 1. The number of hydrogen-bond donors (Lipinski definition) is 2. The third-order valence-electron chi connectivity index (χ3n) is 3.15. The van der Waals surface area contributed by atoms with Crippen LogP contribution in [0.2, 0.25) is 0 Å². The highest BCUT2D eigenvalue weighted by Crippen LogP contribution is 2.09. The molecular weight excluding hydrogens is 266 g/mol. The van der Waals surface area contributed by atoms with Gasteiger partial charge in [-0.05, 0) is 37.5 Å². The van der Waals surface area contributed by atoms with Gasteiger partial charge in [-0.1, -0.05) is 19.1 Å². The van der Waals surface area contributed by atoms with Gasteiger partial charge in [0.25, 0.3) is 0 Å². The van der Waals surface area contributed by atoms with Crippen LogP contribution in [0.5, 0.6) is 0 Å². The molecule has 110 valence electrons. The lowest BCUT2D eigenvalue weighted by molar-refractivity contribution is 0.0696. The minimum Gasteiger partial charge on any atom is -0.478 e. The molecule has 0 fully saturated rings. The summed E-state index contributed by atoms with van der Waals surface area (Å²) in [5, 5.41) is 12.2. The van der Waals surface area contributed by atoms with Gasteiger partial charge in [-0.15, -0.1) is 0 Å². The summed E-state index contributed by atoms with van der Waals surface area (Å²) in [7, 11) is 0. The third kappa shape index (κ3) is 4.27. The van der Waals surface area contributed by atoms with Gasteiger partial charge in [0, 0.05) is 18.3 Å². The number of nitrogens with one attached hydrogen (secondary N) is 1. The van der Waals surface area contributed by atoms with Crippen LogP contribution in [0.15, 0.2) is 30.3 Å².